The van der Waals surface area contributed by atoms with Crippen LogP contribution in [0.2, 0.25) is 5.02 Å². The molecule has 0 spiro atoms. The Labute approximate surface area is 167 Å². The molecular formula is C22H31ClN2O2. The lowest BCUT2D eigenvalue weighted by molar-refractivity contribution is -0.127. The van der Waals surface area contributed by atoms with E-state index in [1.807, 2.05) is 12.1 Å². The number of nitrogens with zero attached hydrogens (tertiary/aromatic N) is 1. The van der Waals surface area contributed by atoms with Crippen LogP contribution in [0.15, 0.2) is 24.3 Å². The highest BCUT2D eigenvalue weighted by Gasteiger charge is 2.37. The summed E-state index contributed by atoms with van der Waals surface area (Å²) in [5.74, 6) is 0.506. The number of anilines is 1. The van der Waals surface area contributed by atoms with Crippen molar-refractivity contribution in [1.82, 2.24) is 5.32 Å². The van der Waals surface area contributed by atoms with E-state index in [0.29, 0.717) is 17.0 Å². The molecule has 2 aliphatic rings. The van der Waals surface area contributed by atoms with Gasteiger partial charge in [-0.1, -0.05) is 38.8 Å². The fraction of sp³-hybridized carbons (Fsp3) is 0.636. The first kappa shape index (κ1) is 20.2. The van der Waals surface area contributed by atoms with Crippen LogP contribution in [0.5, 0.6) is 0 Å². The average molecular weight is 391 g/mol. The lowest BCUT2D eigenvalue weighted by atomic mass is 9.69. The predicted molar refractivity (Wildman–Crippen MR) is 110 cm³/mol. The molecule has 2 amide bonds. The van der Waals surface area contributed by atoms with Gasteiger partial charge in [0.1, 0.15) is 0 Å². The predicted octanol–water partition coefficient (Wildman–Crippen LogP) is 4.80. The standard InChI is InChI=1S/C22H31ClN2O2/c1-4-22(2,3)16-5-9-18(10-6-16)24-21(27)15-13-20(26)25(14-15)19-11-7-17(23)8-12-19/h7-8,11-12,15-16,18H,4-6,9-10,13-14H2,1-3H3,(H,24,27)/t15-,16?,18?/m1/s1. The monoisotopic (exact) mass is 390 g/mol. The Morgan fingerprint density at radius 1 is 1.19 bits per heavy atom. The van der Waals surface area contributed by atoms with Crippen LogP contribution >= 0.6 is 11.6 Å². The third-order valence-corrected chi connectivity index (χ3v) is 6.98. The second-order valence-corrected chi connectivity index (χ2v) is 9.22. The van der Waals surface area contributed by atoms with E-state index < -0.39 is 0 Å². The third-order valence-electron chi connectivity index (χ3n) is 6.72. The zero-order valence-electron chi connectivity index (χ0n) is 16.6. The molecule has 0 aromatic heterocycles. The van der Waals surface area contributed by atoms with Crippen molar-refractivity contribution in [3.05, 3.63) is 29.3 Å². The van der Waals surface area contributed by atoms with E-state index in [4.69, 9.17) is 11.6 Å². The molecule has 2 fully saturated rings. The molecule has 1 saturated heterocycles. The van der Waals surface area contributed by atoms with E-state index in [2.05, 4.69) is 26.1 Å². The van der Waals surface area contributed by atoms with Gasteiger partial charge in [0.15, 0.2) is 0 Å². The summed E-state index contributed by atoms with van der Waals surface area (Å²) in [5.41, 5.74) is 1.19. The zero-order chi connectivity index (χ0) is 19.6. The maximum atomic E-state index is 12.7. The van der Waals surface area contributed by atoms with Gasteiger partial charge in [-0.3, -0.25) is 9.59 Å². The quantitative estimate of drug-likeness (QED) is 0.784. The number of benzene rings is 1. The van der Waals surface area contributed by atoms with E-state index in [-0.39, 0.29) is 30.2 Å². The molecule has 27 heavy (non-hydrogen) atoms. The first-order valence-electron chi connectivity index (χ1n) is 10.2. The van der Waals surface area contributed by atoms with E-state index in [1.165, 1.54) is 19.3 Å². The fourth-order valence-electron chi connectivity index (χ4n) is 4.38. The molecule has 1 aromatic rings. The summed E-state index contributed by atoms with van der Waals surface area (Å²) in [4.78, 5) is 26.8. The molecule has 1 atom stereocenters. The van der Waals surface area contributed by atoms with Gasteiger partial charge in [-0.25, -0.2) is 0 Å². The molecule has 1 aromatic carbocycles. The third kappa shape index (κ3) is 4.66. The van der Waals surface area contributed by atoms with Crippen LogP contribution in [0, 0.1) is 17.3 Å². The first-order valence-corrected chi connectivity index (χ1v) is 10.5. The molecule has 0 radical (unpaired) electrons. The van der Waals surface area contributed by atoms with E-state index in [1.54, 1.807) is 17.0 Å². The Morgan fingerprint density at radius 3 is 2.41 bits per heavy atom. The van der Waals surface area contributed by atoms with Gasteiger partial charge in [-0.05, 0) is 61.3 Å². The largest absolute Gasteiger partial charge is 0.353 e. The normalized spacial score (nSPS) is 26.3. The minimum atomic E-state index is -0.266. The molecule has 4 nitrogen and oxygen atoms in total. The molecule has 5 heteroatoms. The molecule has 3 rings (SSSR count). The van der Waals surface area contributed by atoms with E-state index >= 15 is 0 Å². The number of carbonyl (C=O) groups is 2. The highest BCUT2D eigenvalue weighted by Crippen LogP contribution is 2.40. The summed E-state index contributed by atoms with van der Waals surface area (Å²) in [6.45, 7) is 7.42. The summed E-state index contributed by atoms with van der Waals surface area (Å²) in [5, 5.41) is 3.85. The van der Waals surface area contributed by atoms with Crippen molar-refractivity contribution >= 4 is 29.1 Å². The van der Waals surface area contributed by atoms with Gasteiger partial charge >= 0.3 is 0 Å². The smallest absolute Gasteiger partial charge is 0.227 e. The zero-order valence-corrected chi connectivity index (χ0v) is 17.4. The minimum absolute atomic E-state index is 0.00544. The van der Waals surface area contributed by atoms with Gasteiger partial charge in [0.25, 0.3) is 0 Å². The van der Waals surface area contributed by atoms with Crippen LogP contribution in [0.4, 0.5) is 5.69 Å². The highest BCUT2D eigenvalue weighted by atomic mass is 35.5. The number of amides is 2. The summed E-state index contributed by atoms with van der Waals surface area (Å²) in [6.07, 6.45) is 5.91. The van der Waals surface area contributed by atoms with Gasteiger partial charge in [0.2, 0.25) is 11.8 Å². The van der Waals surface area contributed by atoms with Crippen LogP contribution < -0.4 is 10.2 Å². The second kappa shape index (κ2) is 8.22. The molecular weight excluding hydrogens is 360 g/mol. The Hall–Kier alpha value is -1.55. The van der Waals surface area contributed by atoms with Gasteiger partial charge < -0.3 is 10.2 Å². The Kier molecular flexibility index (Phi) is 6.15. The van der Waals surface area contributed by atoms with Crippen LogP contribution in [-0.4, -0.2) is 24.4 Å². The number of rotatable bonds is 5. The van der Waals surface area contributed by atoms with Crippen molar-refractivity contribution in [2.24, 2.45) is 17.3 Å². The molecule has 148 valence electrons. The lowest BCUT2D eigenvalue weighted by Crippen LogP contribution is -2.43. The van der Waals surface area contributed by atoms with Gasteiger partial charge in [0, 0.05) is 29.7 Å². The fourth-order valence-corrected chi connectivity index (χ4v) is 4.51. The van der Waals surface area contributed by atoms with Crippen LogP contribution in [0.1, 0.15) is 59.3 Å². The number of hydrogen-bond acceptors (Lipinski definition) is 2. The Bertz CT molecular complexity index is 678. The van der Waals surface area contributed by atoms with Crippen molar-refractivity contribution in [3.63, 3.8) is 0 Å². The summed E-state index contributed by atoms with van der Waals surface area (Å²) in [7, 11) is 0. The van der Waals surface area contributed by atoms with E-state index in [9.17, 15) is 9.59 Å². The molecule has 0 unspecified atom stereocenters. The molecule has 1 aliphatic heterocycles. The molecule has 1 N–H and O–H groups in total. The van der Waals surface area contributed by atoms with Crippen molar-refractivity contribution in [1.29, 1.82) is 0 Å². The topological polar surface area (TPSA) is 49.4 Å². The highest BCUT2D eigenvalue weighted by molar-refractivity contribution is 6.30. The summed E-state index contributed by atoms with van der Waals surface area (Å²) >= 11 is 5.92. The molecule has 1 saturated carbocycles. The maximum Gasteiger partial charge on any atom is 0.227 e. The molecule has 0 bridgehead atoms. The second-order valence-electron chi connectivity index (χ2n) is 8.78. The average Bonchev–Trinajstić information content (AvgIpc) is 3.05. The summed E-state index contributed by atoms with van der Waals surface area (Å²) < 4.78 is 0. The maximum absolute atomic E-state index is 12.7. The number of carbonyl (C=O) groups excluding carboxylic acids is 2. The van der Waals surface area contributed by atoms with Gasteiger partial charge in [-0.2, -0.15) is 0 Å². The minimum Gasteiger partial charge on any atom is -0.353 e. The van der Waals surface area contributed by atoms with Crippen LogP contribution in [0.3, 0.4) is 0 Å². The number of halogens is 1. The summed E-state index contributed by atoms with van der Waals surface area (Å²) in [6, 6.07) is 7.46. The van der Waals surface area contributed by atoms with Gasteiger partial charge in [0.05, 0.1) is 5.92 Å². The van der Waals surface area contributed by atoms with Crippen LogP contribution in [-0.2, 0) is 9.59 Å². The van der Waals surface area contributed by atoms with Gasteiger partial charge in [-0.15, -0.1) is 0 Å². The first-order chi connectivity index (χ1) is 12.8. The number of nitrogens with one attached hydrogen (secondary N) is 1. The Balaban J connectivity index is 1.52. The molecule has 1 aliphatic carbocycles. The lowest BCUT2D eigenvalue weighted by Gasteiger charge is -2.39. The van der Waals surface area contributed by atoms with Crippen molar-refractivity contribution in [2.75, 3.05) is 11.4 Å². The number of hydrogen-bond donors (Lipinski definition) is 1. The van der Waals surface area contributed by atoms with Crippen molar-refractivity contribution in [2.45, 2.75) is 65.3 Å². The molecule has 1 heterocycles. The van der Waals surface area contributed by atoms with Crippen molar-refractivity contribution < 1.29 is 9.59 Å². The van der Waals surface area contributed by atoms with E-state index in [0.717, 1.165) is 24.4 Å². The Morgan fingerprint density at radius 2 is 1.81 bits per heavy atom. The SMILES string of the molecule is CCC(C)(C)C1CCC(NC(=O)[C@@H]2CC(=O)N(c3ccc(Cl)cc3)C2)CC1. The van der Waals surface area contributed by atoms with Crippen molar-refractivity contribution in [3.8, 4) is 0 Å². The van der Waals surface area contributed by atoms with Crippen LogP contribution in [0.25, 0.3) is 0 Å².